The third kappa shape index (κ3) is 50.6. The Morgan fingerprint density at radius 1 is 0.522 bits per heavy atom. The summed E-state index contributed by atoms with van der Waals surface area (Å²) in [6.45, 7) is 4.70. The number of phosphoric acid groups is 1. The number of carbonyl (C=O) groups excluding carboxylic acids is 1. The molecule has 0 saturated carbocycles. The van der Waals surface area contributed by atoms with Gasteiger partial charge in [0.1, 0.15) is 13.2 Å². The summed E-state index contributed by atoms with van der Waals surface area (Å²) in [5.41, 5.74) is 0. The van der Waals surface area contributed by atoms with E-state index in [0.29, 0.717) is 23.9 Å². The number of aliphatic hydroxyl groups is 1. The largest absolute Gasteiger partial charge is 0.472 e. The van der Waals surface area contributed by atoms with Crippen LogP contribution in [0.15, 0.2) is 122 Å². The van der Waals surface area contributed by atoms with Gasteiger partial charge >= 0.3 is 7.82 Å². The van der Waals surface area contributed by atoms with Gasteiger partial charge in [-0.15, -0.1) is 0 Å². The van der Waals surface area contributed by atoms with E-state index >= 15 is 0 Å². The summed E-state index contributed by atoms with van der Waals surface area (Å²) >= 11 is 0. The topological polar surface area (TPSA) is 105 Å². The lowest BCUT2D eigenvalue weighted by Crippen LogP contribution is -2.46. The van der Waals surface area contributed by atoms with Gasteiger partial charge in [0.25, 0.3) is 0 Å². The molecule has 3 unspecified atom stereocenters. The Balaban J connectivity index is 4.09. The zero-order valence-electron chi connectivity index (χ0n) is 43.3. The molecule has 382 valence electrons. The predicted octanol–water partition coefficient (Wildman–Crippen LogP) is 15.8. The molecule has 67 heavy (non-hydrogen) atoms. The number of quaternary nitrogens is 1. The van der Waals surface area contributed by atoms with Gasteiger partial charge < -0.3 is 19.8 Å². The Bertz CT molecular complexity index is 1500. The lowest BCUT2D eigenvalue weighted by Gasteiger charge is -2.26. The Morgan fingerprint density at radius 3 is 1.31 bits per heavy atom. The van der Waals surface area contributed by atoms with Gasteiger partial charge in [-0.3, -0.25) is 13.8 Å². The highest BCUT2D eigenvalue weighted by atomic mass is 31.2. The number of hydrogen-bond acceptors (Lipinski definition) is 5. The van der Waals surface area contributed by atoms with Crippen molar-refractivity contribution < 1.29 is 32.9 Å². The van der Waals surface area contributed by atoms with E-state index in [-0.39, 0.29) is 19.1 Å². The number of aliphatic hydroxyl groups excluding tert-OH is 1. The highest BCUT2D eigenvalue weighted by Gasteiger charge is 2.28. The molecule has 0 rings (SSSR count). The number of carbonyl (C=O) groups is 1. The Hall–Kier alpha value is -3.10. The van der Waals surface area contributed by atoms with E-state index in [0.717, 1.165) is 116 Å². The minimum absolute atomic E-state index is 0.0647. The quantitative estimate of drug-likeness (QED) is 0.0243. The molecule has 0 saturated heterocycles. The van der Waals surface area contributed by atoms with Gasteiger partial charge in [0.2, 0.25) is 5.91 Å². The second-order valence-corrected chi connectivity index (χ2v) is 20.0. The van der Waals surface area contributed by atoms with Crippen LogP contribution in [0.2, 0.25) is 0 Å². The fourth-order valence-corrected chi connectivity index (χ4v) is 7.57. The maximum absolute atomic E-state index is 12.9. The van der Waals surface area contributed by atoms with E-state index < -0.39 is 20.0 Å². The zero-order valence-corrected chi connectivity index (χ0v) is 44.2. The fraction of sp³-hybridized carbons (Fsp3) is 0.638. The van der Waals surface area contributed by atoms with Crippen molar-refractivity contribution in [3.05, 3.63) is 122 Å². The summed E-state index contributed by atoms with van der Waals surface area (Å²) in [6, 6.07) is -0.774. The molecule has 3 atom stereocenters. The summed E-state index contributed by atoms with van der Waals surface area (Å²) < 4.78 is 23.6. The van der Waals surface area contributed by atoms with Crippen molar-refractivity contribution in [3.8, 4) is 0 Å². The van der Waals surface area contributed by atoms with Crippen molar-refractivity contribution in [1.82, 2.24) is 5.32 Å². The summed E-state index contributed by atoms with van der Waals surface area (Å²) in [5, 5.41) is 13.9. The van der Waals surface area contributed by atoms with E-state index in [1.165, 1.54) is 44.9 Å². The molecule has 1 amide bonds. The minimum atomic E-state index is -4.32. The molecule has 0 bridgehead atoms. The second-order valence-electron chi connectivity index (χ2n) is 18.5. The van der Waals surface area contributed by atoms with Crippen molar-refractivity contribution in [1.29, 1.82) is 0 Å². The Morgan fingerprint density at radius 2 is 0.896 bits per heavy atom. The van der Waals surface area contributed by atoms with Gasteiger partial charge in [0.15, 0.2) is 0 Å². The summed E-state index contributed by atoms with van der Waals surface area (Å²) in [4.78, 5) is 23.1. The van der Waals surface area contributed by atoms with Crippen molar-refractivity contribution in [2.75, 3.05) is 40.9 Å². The number of allylic oxidation sites excluding steroid dienone is 20. The minimum Gasteiger partial charge on any atom is -0.391 e. The third-order valence-electron chi connectivity index (χ3n) is 11.0. The molecular formula is C58H100N2O6P+. The van der Waals surface area contributed by atoms with Crippen LogP contribution in [0.25, 0.3) is 0 Å². The van der Waals surface area contributed by atoms with E-state index in [9.17, 15) is 19.4 Å². The summed E-state index contributed by atoms with van der Waals surface area (Å²) in [5.74, 6) is -0.168. The number of unbranched alkanes of at least 4 members (excludes halogenated alkanes) is 13. The average Bonchev–Trinajstić information content (AvgIpc) is 3.29. The maximum atomic E-state index is 12.9. The summed E-state index contributed by atoms with van der Waals surface area (Å²) in [6.07, 6.45) is 71.2. The van der Waals surface area contributed by atoms with Crippen LogP contribution in [0.3, 0.4) is 0 Å². The van der Waals surface area contributed by atoms with Crippen LogP contribution in [0, 0.1) is 0 Å². The predicted molar refractivity (Wildman–Crippen MR) is 290 cm³/mol. The van der Waals surface area contributed by atoms with E-state index in [2.05, 4.69) is 141 Å². The van der Waals surface area contributed by atoms with Crippen LogP contribution in [0.4, 0.5) is 0 Å². The number of phosphoric ester groups is 1. The number of nitrogens with zero attached hydrogens (tertiary/aromatic N) is 1. The van der Waals surface area contributed by atoms with Crippen LogP contribution in [0.5, 0.6) is 0 Å². The molecule has 0 aliphatic carbocycles. The first kappa shape index (κ1) is 63.9. The molecular weight excluding hydrogens is 852 g/mol. The average molecular weight is 952 g/mol. The number of amides is 1. The molecule has 3 N–H and O–H groups in total. The molecule has 0 heterocycles. The monoisotopic (exact) mass is 952 g/mol. The van der Waals surface area contributed by atoms with Crippen molar-refractivity contribution in [2.24, 2.45) is 0 Å². The van der Waals surface area contributed by atoms with E-state index in [4.69, 9.17) is 9.05 Å². The van der Waals surface area contributed by atoms with Crippen LogP contribution in [-0.2, 0) is 18.4 Å². The molecule has 0 aliphatic heterocycles. The van der Waals surface area contributed by atoms with E-state index in [1.54, 1.807) is 0 Å². The standard InChI is InChI=1S/C58H99N2O6P/c1-6-8-10-12-14-16-17-18-19-20-21-22-23-24-25-26-27-28-29-30-31-32-33-34-35-36-37-38-39-40-41-42-43-44-46-48-50-52-58(62)59-56(55-66-67(63,64)65-54-53-60(3,4)5)57(61)51-49-47-45-15-13-11-9-7-2/h8,10,14,16,18-19,21-22,24-25,27-28,30-31,33-34,36-37,39-40,56-57,61H,6-7,9,11-13,15,17,20,23,26,29,32,35,38,41-55H2,1-5H3,(H-,59,62,63,64)/p+1/b10-8-,16-14-,19-18-,22-21-,25-24-,28-27-,31-30-,34-33-,37-36-,40-39-. The molecule has 9 heteroatoms. The first-order chi connectivity index (χ1) is 32.5. The molecule has 0 aliphatic rings. The SMILES string of the molecule is CC/C=C\C/C=C\C/C=C\C/C=C\C/C=C\C/C=C\C/C=C\C/C=C\C/C=C\C/C=C\CCCCCCCCC(=O)NC(COP(=O)(O)OCC[N+](C)(C)C)C(O)CCCCCCCCCC. The van der Waals surface area contributed by atoms with Crippen LogP contribution in [0.1, 0.15) is 187 Å². The zero-order chi connectivity index (χ0) is 49.2. The molecule has 0 radical (unpaired) electrons. The Labute approximate surface area is 412 Å². The molecule has 0 aromatic rings. The van der Waals surface area contributed by atoms with Gasteiger partial charge in [0.05, 0.1) is 39.9 Å². The first-order valence-electron chi connectivity index (χ1n) is 26.4. The van der Waals surface area contributed by atoms with Crippen molar-refractivity contribution in [2.45, 2.75) is 199 Å². The lowest BCUT2D eigenvalue weighted by atomic mass is 10.0. The normalized spacial score (nSPS) is 15.0. The van der Waals surface area contributed by atoms with Gasteiger partial charge in [-0.2, -0.15) is 0 Å². The number of nitrogens with one attached hydrogen (secondary N) is 1. The number of hydrogen-bond donors (Lipinski definition) is 3. The third-order valence-corrected chi connectivity index (χ3v) is 12.0. The van der Waals surface area contributed by atoms with Gasteiger partial charge in [-0.1, -0.05) is 212 Å². The molecule has 0 aromatic heterocycles. The fourth-order valence-electron chi connectivity index (χ4n) is 6.84. The van der Waals surface area contributed by atoms with Crippen LogP contribution in [-0.4, -0.2) is 73.4 Å². The number of rotatable bonds is 46. The molecule has 0 fully saturated rings. The highest BCUT2D eigenvalue weighted by molar-refractivity contribution is 7.47. The van der Waals surface area contributed by atoms with Gasteiger partial charge in [-0.05, 0) is 89.9 Å². The highest BCUT2D eigenvalue weighted by Crippen LogP contribution is 2.43. The number of likely N-dealkylation sites (N-methyl/N-ethyl adjacent to an activating group) is 1. The van der Waals surface area contributed by atoms with Crippen LogP contribution >= 0.6 is 7.82 Å². The molecule has 0 spiro atoms. The van der Waals surface area contributed by atoms with Crippen molar-refractivity contribution >= 4 is 13.7 Å². The van der Waals surface area contributed by atoms with Crippen molar-refractivity contribution in [3.63, 3.8) is 0 Å². The first-order valence-corrected chi connectivity index (χ1v) is 27.9. The molecule has 8 nitrogen and oxygen atoms in total. The van der Waals surface area contributed by atoms with Crippen LogP contribution < -0.4 is 5.32 Å². The Kier molecular flexibility index (Phi) is 45.7. The maximum Gasteiger partial charge on any atom is 0.472 e. The summed E-state index contributed by atoms with van der Waals surface area (Å²) in [7, 11) is 1.58. The molecule has 0 aromatic carbocycles. The van der Waals surface area contributed by atoms with E-state index in [1.807, 2.05) is 21.1 Å². The van der Waals surface area contributed by atoms with Gasteiger partial charge in [-0.25, -0.2) is 4.57 Å². The van der Waals surface area contributed by atoms with Gasteiger partial charge in [0, 0.05) is 6.42 Å². The second kappa shape index (κ2) is 47.9. The lowest BCUT2D eigenvalue weighted by molar-refractivity contribution is -0.870. The smallest absolute Gasteiger partial charge is 0.391 e.